The van der Waals surface area contributed by atoms with Crippen molar-refractivity contribution in [3.8, 4) is 11.3 Å². The SMILES string of the molecule is Cc1ccccc1-c1c2c(cc[n+]1C)nc1ccon12. The van der Waals surface area contributed by atoms with Crippen molar-refractivity contribution in [2.24, 2.45) is 7.05 Å². The van der Waals surface area contributed by atoms with Crippen molar-refractivity contribution in [2.75, 3.05) is 0 Å². The quantitative estimate of drug-likeness (QED) is 0.495. The molecule has 0 atom stereocenters. The Bertz CT molecular complexity index is 933. The van der Waals surface area contributed by atoms with Crippen LogP contribution in [0.2, 0.25) is 0 Å². The summed E-state index contributed by atoms with van der Waals surface area (Å²) in [7, 11) is 2.05. The fourth-order valence-corrected chi connectivity index (χ4v) is 2.72. The van der Waals surface area contributed by atoms with E-state index < -0.39 is 0 Å². The Morgan fingerprint density at radius 3 is 2.85 bits per heavy atom. The van der Waals surface area contributed by atoms with Gasteiger partial charge in [-0.25, -0.2) is 4.98 Å². The highest BCUT2D eigenvalue weighted by Gasteiger charge is 2.22. The molecule has 0 unspecified atom stereocenters. The van der Waals surface area contributed by atoms with Gasteiger partial charge >= 0.3 is 0 Å². The van der Waals surface area contributed by atoms with E-state index in [9.17, 15) is 0 Å². The molecule has 3 heterocycles. The number of aryl methyl sites for hydroxylation is 2. The lowest BCUT2D eigenvalue weighted by atomic mass is 10.0. The van der Waals surface area contributed by atoms with E-state index in [-0.39, 0.29) is 0 Å². The van der Waals surface area contributed by atoms with Crippen LogP contribution in [0.25, 0.3) is 27.9 Å². The van der Waals surface area contributed by atoms with E-state index in [1.165, 1.54) is 11.1 Å². The first-order valence-electron chi connectivity index (χ1n) is 6.56. The van der Waals surface area contributed by atoms with Crippen molar-refractivity contribution in [2.45, 2.75) is 6.92 Å². The molecule has 0 spiro atoms. The van der Waals surface area contributed by atoms with Crippen LogP contribution < -0.4 is 4.57 Å². The zero-order valence-corrected chi connectivity index (χ0v) is 11.4. The molecule has 4 nitrogen and oxygen atoms in total. The third kappa shape index (κ3) is 1.42. The molecule has 0 aliphatic carbocycles. The van der Waals surface area contributed by atoms with E-state index in [2.05, 4.69) is 40.7 Å². The minimum atomic E-state index is 0.834. The second-order valence-corrected chi connectivity index (χ2v) is 5.00. The van der Waals surface area contributed by atoms with Crippen LogP contribution in [0.1, 0.15) is 5.56 Å². The van der Waals surface area contributed by atoms with Crippen molar-refractivity contribution in [1.29, 1.82) is 0 Å². The lowest BCUT2D eigenvalue weighted by molar-refractivity contribution is -0.659. The lowest BCUT2D eigenvalue weighted by Crippen LogP contribution is -2.31. The number of rotatable bonds is 1. The van der Waals surface area contributed by atoms with Crippen LogP contribution in [0.15, 0.2) is 53.4 Å². The van der Waals surface area contributed by atoms with Crippen LogP contribution in [0.5, 0.6) is 0 Å². The Labute approximate surface area is 115 Å². The van der Waals surface area contributed by atoms with Crippen molar-refractivity contribution in [3.63, 3.8) is 0 Å². The van der Waals surface area contributed by atoms with Gasteiger partial charge in [0, 0.05) is 12.1 Å². The van der Waals surface area contributed by atoms with Gasteiger partial charge in [-0.15, -0.1) is 0 Å². The Hall–Kier alpha value is -2.62. The molecule has 0 aliphatic heterocycles. The maximum Gasteiger partial charge on any atom is 0.242 e. The largest absolute Gasteiger partial charge is 0.381 e. The first-order valence-corrected chi connectivity index (χ1v) is 6.56. The number of hydrogen-bond acceptors (Lipinski definition) is 2. The molecule has 4 aromatic rings. The number of imidazole rings is 1. The summed E-state index contributed by atoms with van der Waals surface area (Å²) in [5.74, 6) is 0. The summed E-state index contributed by atoms with van der Waals surface area (Å²) in [4.78, 5) is 4.59. The Kier molecular flexibility index (Phi) is 2.21. The third-order valence-electron chi connectivity index (χ3n) is 3.71. The van der Waals surface area contributed by atoms with E-state index in [0.29, 0.717) is 0 Å². The van der Waals surface area contributed by atoms with Gasteiger partial charge in [-0.1, -0.05) is 18.2 Å². The molecule has 4 heteroatoms. The van der Waals surface area contributed by atoms with Gasteiger partial charge in [0.15, 0.2) is 17.4 Å². The van der Waals surface area contributed by atoms with E-state index in [0.717, 1.165) is 22.4 Å². The fourth-order valence-electron chi connectivity index (χ4n) is 2.72. The zero-order chi connectivity index (χ0) is 13.7. The highest BCUT2D eigenvalue weighted by molar-refractivity contribution is 5.91. The third-order valence-corrected chi connectivity index (χ3v) is 3.71. The monoisotopic (exact) mass is 264 g/mol. The summed E-state index contributed by atoms with van der Waals surface area (Å²) in [6.07, 6.45) is 3.70. The normalized spacial score (nSPS) is 11.5. The molecular weight excluding hydrogens is 250 g/mol. The summed E-state index contributed by atoms with van der Waals surface area (Å²) < 4.78 is 9.47. The summed E-state index contributed by atoms with van der Waals surface area (Å²) >= 11 is 0. The fraction of sp³-hybridized carbons (Fsp3) is 0.125. The number of hydrogen-bond donors (Lipinski definition) is 0. The van der Waals surface area contributed by atoms with Crippen molar-refractivity contribution in [3.05, 3.63) is 54.4 Å². The number of pyridine rings is 1. The smallest absolute Gasteiger partial charge is 0.242 e. The molecule has 0 amide bonds. The Morgan fingerprint density at radius 2 is 2.00 bits per heavy atom. The van der Waals surface area contributed by atoms with E-state index in [1.54, 1.807) is 10.8 Å². The Balaban J connectivity index is 2.22. The van der Waals surface area contributed by atoms with Crippen molar-refractivity contribution in [1.82, 2.24) is 9.56 Å². The molecule has 1 aromatic carbocycles. The average molecular weight is 264 g/mol. The molecule has 0 bridgehead atoms. The van der Waals surface area contributed by atoms with Gasteiger partial charge in [0.25, 0.3) is 0 Å². The topological polar surface area (TPSA) is 34.3 Å². The van der Waals surface area contributed by atoms with E-state index >= 15 is 0 Å². The van der Waals surface area contributed by atoms with E-state index in [4.69, 9.17) is 4.52 Å². The molecular formula is C16H14N3O+. The van der Waals surface area contributed by atoms with Crippen LogP contribution in [0.3, 0.4) is 0 Å². The highest BCUT2D eigenvalue weighted by atomic mass is 16.5. The molecule has 3 aromatic heterocycles. The summed E-state index contributed by atoms with van der Waals surface area (Å²) in [6.45, 7) is 2.12. The lowest BCUT2D eigenvalue weighted by Gasteiger charge is -2.04. The number of aromatic nitrogens is 3. The molecule has 0 N–H and O–H groups in total. The summed E-state index contributed by atoms with van der Waals surface area (Å²) in [6, 6.07) is 12.3. The molecule has 0 aliphatic rings. The van der Waals surface area contributed by atoms with Crippen LogP contribution in [-0.4, -0.2) is 9.56 Å². The minimum Gasteiger partial charge on any atom is -0.381 e. The van der Waals surface area contributed by atoms with Crippen LogP contribution in [-0.2, 0) is 7.05 Å². The van der Waals surface area contributed by atoms with Gasteiger partial charge in [0.05, 0.1) is 5.56 Å². The maximum atomic E-state index is 5.57. The molecule has 0 saturated carbocycles. The average Bonchev–Trinajstić information content (AvgIpc) is 3.01. The van der Waals surface area contributed by atoms with Gasteiger partial charge in [-0.3, -0.25) is 0 Å². The molecule has 20 heavy (non-hydrogen) atoms. The Morgan fingerprint density at radius 1 is 1.15 bits per heavy atom. The predicted molar refractivity (Wildman–Crippen MR) is 76.3 cm³/mol. The van der Waals surface area contributed by atoms with Gasteiger partial charge in [0.2, 0.25) is 5.69 Å². The molecule has 0 radical (unpaired) electrons. The molecule has 4 rings (SSSR count). The van der Waals surface area contributed by atoms with Crippen molar-refractivity contribution >= 4 is 16.7 Å². The molecule has 98 valence electrons. The van der Waals surface area contributed by atoms with Gasteiger partial charge in [0.1, 0.15) is 18.8 Å². The number of nitrogens with zero attached hydrogens (tertiary/aromatic N) is 3. The highest BCUT2D eigenvalue weighted by Crippen LogP contribution is 2.28. The number of benzene rings is 1. The first-order chi connectivity index (χ1) is 9.75. The van der Waals surface area contributed by atoms with E-state index in [1.807, 2.05) is 25.4 Å². The van der Waals surface area contributed by atoms with Crippen LogP contribution >= 0.6 is 0 Å². The molecule has 0 saturated heterocycles. The van der Waals surface area contributed by atoms with Gasteiger partial charge in [-0.2, -0.15) is 9.14 Å². The standard InChI is InChI=1S/C16H14N3O/c1-11-5-3-4-6-12(11)15-16-13(7-9-18(15)2)17-14-8-10-20-19(14)16/h3-10H,1-2H3/q+1. The zero-order valence-electron chi connectivity index (χ0n) is 11.4. The van der Waals surface area contributed by atoms with Gasteiger partial charge < -0.3 is 4.52 Å². The predicted octanol–water partition coefficient (Wildman–Crippen LogP) is 2.88. The van der Waals surface area contributed by atoms with Crippen molar-refractivity contribution < 1.29 is 9.09 Å². The van der Waals surface area contributed by atoms with Gasteiger partial charge in [-0.05, 0) is 18.6 Å². The summed E-state index contributed by atoms with van der Waals surface area (Å²) in [5.41, 5.74) is 6.32. The van der Waals surface area contributed by atoms with Crippen LogP contribution in [0.4, 0.5) is 0 Å². The second kappa shape index (κ2) is 3.93. The molecule has 0 fully saturated rings. The minimum absolute atomic E-state index is 0.834. The number of fused-ring (bicyclic) bond motifs is 3. The first kappa shape index (κ1) is 11.2. The second-order valence-electron chi connectivity index (χ2n) is 5.00. The maximum absolute atomic E-state index is 5.57. The van der Waals surface area contributed by atoms with Crippen LogP contribution in [0, 0.1) is 6.92 Å². The summed E-state index contributed by atoms with van der Waals surface area (Å²) in [5, 5.41) is 0.